The molecule has 0 bridgehead atoms. The SMILES string of the molecule is CN1CCN(c2ccc(C(=O)N3CCCN(C(=O)C4CC4)CC3)cc2)CC1. The van der Waals surface area contributed by atoms with Gasteiger partial charge in [-0.05, 0) is 50.6 Å². The van der Waals surface area contributed by atoms with Crippen LogP contribution in [0.15, 0.2) is 24.3 Å². The zero-order chi connectivity index (χ0) is 18.8. The molecular formula is C21H30N4O2. The summed E-state index contributed by atoms with van der Waals surface area (Å²) in [5.41, 5.74) is 1.94. The average molecular weight is 370 g/mol. The van der Waals surface area contributed by atoms with Crippen LogP contribution in [0.25, 0.3) is 0 Å². The van der Waals surface area contributed by atoms with Gasteiger partial charge in [0.2, 0.25) is 5.91 Å². The Morgan fingerprint density at radius 3 is 2.11 bits per heavy atom. The molecule has 0 aromatic heterocycles. The third-order valence-corrected chi connectivity index (χ3v) is 6.00. The normalized spacial score (nSPS) is 21.9. The average Bonchev–Trinajstić information content (AvgIpc) is 3.54. The number of carbonyl (C=O) groups excluding carboxylic acids is 2. The van der Waals surface area contributed by atoms with Gasteiger partial charge >= 0.3 is 0 Å². The smallest absolute Gasteiger partial charge is 0.253 e. The Balaban J connectivity index is 1.35. The van der Waals surface area contributed by atoms with Crippen molar-refractivity contribution in [1.29, 1.82) is 0 Å². The van der Waals surface area contributed by atoms with Crippen molar-refractivity contribution >= 4 is 17.5 Å². The Morgan fingerprint density at radius 1 is 0.815 bits per heavy atom. The first kappa shape index (κ1) is 18.3. The van der Waals surface area contributed by atoms with E-state index in [1.807, 2.05) is 21.9 Å². The summed E-state index contributed by atoms with van der Waals surface area (Å²) < 4.78 is 0. The first-order valence-corrected chi connectivity index (χ1v) is 10.2. The fourth-order valence-corrected chi connectivity index (χ4v) is 3.99. The van der Waals surface area contributed by atoms with Gasteiger partial charge in [0, 0.05) is 69.5 Å². The van der Waals surface area contributed by atoms with E-state index in [1.165, 1.54) is 5.69 Å². The maximum Gasteiger partial charge on any atom is 0.253 e. The van der Waals surface area contributed by atoms with Gasteiger partial charge in [0.15, 0.2) is 0 Å². The molecule has 146 valence electrons. The first-order valence-electron chi connectivity index (χ1n) is 10.2. The van der Waals surface area contributed by atoms with Gasteiger partial charge in [-0.25, -0.2) is 0 Å². The molecule has 1 saturated carbocycles. The molecule has 4 rings (SSSR count). The van der Waals surface area contributed by atoms with Crippen LogP contribution in [-0.2, 0) is 4.79 Å². The Labute approximate surface area is 161 Å². The lowest BCUT2D eigenvalue weighted by molar-refractivity contribution is -0.132. The van der Waals surface area contributed by atoms with E-state index in [-0.39, 0.29) is 11.8 Å². The number of hydrogen-bond donors (Lipinski definition) is 0. The molecule has 2 aliphatic heterocycles. The number of nitrogens with zero attached hydrogens (tertiary/aromatic N) is 4. The number of rotatable bonds is 3. The monoisotopic (exact) mass is 370 g/mol. The predicted molar refractivity (Wildman–Crippen MR) is 106 cm³/mol. The van der Waals surface area contributed by atoms with E-state index in [1.54, 1.807) is 0 Å². The molecule has 1 aromatic rings. The van der Waals surface area contributed by atoms with Gasteiger partial charge in [0.1, 0.15) is 0 Å². The van der Waals surface area contributed by atoms with E-state index in [0.29, 0.717) is 19.0 Å². The van der Waals surface area contributed by atoms with E-state index in [4.69, 9.17) is 0 Å². The molecule has 27 heavy (non-hydrogen) atoms. The summed E-state index contributed by atoms with van der Waals surface area (Å²) in [5.74, 6) is 0.635. The Bertz CT molecular complexity index is 678. The van der Waals surface area contributed by atoms with Crippen molar-refractivity contribution in [1.82, 2.24) is 14.7 Å². The van der Waals surface area contributed by atoms with Gasteiger partial charge in [0.25, 0.3) is 5.91 Å². The second-order valence-electron chi connectivity index (χ2n) is 8.08. The molecule has 6 heteroatoms. The largest absolute Gasteiger partial charge is 0.369 e. The number of amides is 2. The lowest BCUT2D eigenvalue weighted by atomic mass is 10.1. The molecule has 2 saturated heterocycles. The van der Waals surface area contributed by atoms with Crippen LogP contribution >= 0.6 is 0 Å². The second-order valence-corrected chi connectivity index (χ2v) is 8.08. The van der Waals surface area contributed by atoms with Crippen LogP contribution in [-0.4, -0.2) is 85.9 Å². The molecule has 0 spiro atoms. The van der Waals surface area contributed by atoms with Crippen molar-refractivity contribution < 1.29 is 9.59 Å². The van der Waals surface area contributed by atoms with Crippen LogP contribution in [0.1, 0.15) is 29.6 Å². The highest BCUT2D eigenvalue weighted by Crippen LogP contribution is 2.31. The van der Waals surface area contributed by atoms with Crippen LogP contribution < -0.4 is 4.90 Å². The minimum absolute atomic E-state index is 0.0839. The molecule has 1 aliphatic carbocycles. The zero-order valence-corrected chi connectivity index (χ0v) is 16.3. The lowest BCUT2D eigenvalue weighted by Crippen LogP contribution is -2.44. The zero-order valence-electron chi connectivity index (χ0n) is 16.3. The van der Waals surface area contributed by atoms with Crippen molar-refractivity contribution in [2.45, 2.75) is 19.3 Å². The topological polar surface area (TPSA) is 47.1 Å². The maximum absolute atomic E-state index is 12.9. The standard InChI is InChI=1S/C21H30N4O2/c1-22-11-13-23(14-12-22)19-7-5-18(6-8-19)21(27)25-10-2-9-24(15-16-25)20(26)17-3-4-17/h5-8,17H,2-4,9-16H2,1H3. The summed E-state index contributed by atoms with van der Waals surface area (Å²) in [4.78, 5) is 33.8. The fourth-order valence-electron chi connectivity index (χ4n) is 3.99. The highest BCUT2D eigenvalue weighted by atomic mass is 16.2. The molecular weight excluding hydrogens is 340 g/mol. The summed E-state index contributed by atoms with van der Waals surface area (Å²) in [6.45, 7) is 7.02. The molecule has 3 aliphatic rings. The van der Waals surface area contributed by atoms with Gasteiger partial charge in [-0.1, -0.05) is 0 Å². The van der Waals surface area contributed by atoms with Gasteiger partial charge in [-0.3, -0.25) is 9.59 Å². The summed E-state index contributed by atoms with van der Waals surface area (Å²) in [5, 5.41) is 0. The van der Waals surface area contributed by atoms with Crippen molar-refractivity contribution in [3.05, 3.63) is 29.8 Å². The molecule has 0 atom stereocenters. The molecule has 0 radical (unpaired) electrons. The number of carbonyl (C=O) groups is 2. The van der Waals surface area contributed by atoms with Crippen LogP contribution in [0, 0.1) is 5.92 Å². The summed E-state index contributed by atoms with van der Waals surface area (Å²) in [7, 11) is 2.15. The van der Waals surface area contributed by atoms with Crippen LogP contribution in [0.5, 0.6) is 0 Å². The van der Waals surface area contributed by atoms with Gasteiger partial charge < -0.3 is 19.6 Å². The Hall–Kier alpha value is -2.08. The third kappa shape index (κ3) is 4.26. The molecule has 0 unspecified atom stereocenters. The molecule has 0 N–H and O–H groups in total. The van der Waals surface area contributed by atoms with Crippen molar-refractivity contribution in [3.8, 4) is 0 Å². The van der Waals surface area contributed by atoms with Crippen LogP contribution in [0.2, 0.25) is 0 Å². The maximum atomic E-state index is 12.9. The highest BCUT2D eigenvalue weighted by Gasteiger charge is 2.34. The van der Waals surface area contributed by atoms with Crippen LogP contribution in [0.3, 0.4) is 0 Å². The molecule has 6 nitrogen and oxygen atoms in total. The molecule has 2 amide bonds. The summed E-state index contributed by atoms with van der Waals surface area (Å²) in [6.07, 6.45) is 2.94. The number of hydrogen-bond acceptors (Lipinski definition) is 4. The molecule has 3 fully saturated rings. The van der Waals surface area contributed by atoms with Crippen molar-refractivity contribution in [2.75, 3.05) is 64.3 Å². The van der Waals surface area contributed by atoms with Crippen molar-refractivity contribution in [2.24, 2.45) is 5.92 Å². The van der Waals surface area contributed by atoms with Gasteiger partial charge in [0.05, 0.1) is 0 Å². The van der Waals surface area contributed by atoms with E-state index < -0.39 is 0 Å². The van der Waals surface area contributed by atoms with E-state index in [9.17, 15) is 9.59 Å². The van der Waals surface area contributed by atoms with Gasteiger partial charge in [-0.15, -0.1) is 0 Å². The predicted octanol–water partition coefficient (Wildman–Crippen LogP) is 1.52. The highest BCUT2D eigenvalue weighted by molar-refractivity contribution is 5.94. The summed E-state index contributed by atoms with van der Waals surface area (Å²) in [6, 6.07) is 8.04. The lowest BCUT2D eigenvalue weighted by Gasteiger charge is -2.34. The minimum atomic E-state index is 0.0839. The third-order valence-electron chi connectivity index (χ3n) is 6.00. The van der Waals surface area contributed by atoms with Gasteiger partial charge in [-0.2, -0.15) is 0 Å². The fraction of sp³-hybridized carbons (Fsp3) is 0.619. The minimum Gasteiger partial charge on any atom is -0.369 e. The number of likely N-dealkylation sites (N-methyl/N-ethyl adjacent to an activating group) is 1. The van der Waals surface area contributed by atoms with Crippen LogP contribution in [0.4, 0.5) is 5.69 Å². The Kier molecular flexibility index (Phi) is 5.34. The quantitative estimate of drug-likeness (QED) is 0.810. The molecule has 1 aromatic carbocycles. The number of anilines is 1. The molecule has 2 heterocycles. The Morgan fingerprint density at radius 2 is 1.44 bits per heavy atom. The first-order chi connectivity index (χ1) is 13.1. The van der Waals surface area contributed by atoms with E-state index >= 15 is 0 Å². The van der Waals surface area contributed by atoms with E-state index in [0.717, 1.165) is 64.1 Å². The van der Waals surface area contributed by atoms with E-state index in [2.05, 4.69) is 29.0 Å². The number of benzene rings is 1. The van der Waals surface area contributed by atoms with Crippen molar-refractivity contribution in [3.63, 3.8) is 0 Å². The number of piperazine rings is 1. The second kappa shape index (κ2) is 7.89. The summed E-state index contributed by atoms with van der Waals surface area (Å²) >= 11 is 0.